The molecule has 6 heteroatoms. The number of carbonyl (C=O) groups is 1. The van der Waals surface area contributed by atoms with Gasteiger partial charge in [-0.2, -0.15) is 8.42 Å². The van der Waals surface area contributed by atoms with Gasteiger partial charge in [0.05, 0.1) is 13.4 Å². The Morgan fingerprint density at radius 2 is 1.89 bits per heavy atom. The standard InChI is InChI=1S/C3H6O5S/c1-7-3(4)8-9(2,5)6/h1-2H3. The van der Waals surface area contributed by atoms with Crippen molar-refractivity contribution < 1.29 is 22.1 Å². The molecule has 0 N–H and O–H groups in total. The molecule has 54 valence electrons. The molecule has 0 aliphatic carbocycles. The summed E-state index contributed by atoms with van der Waals surface area (Å²) >= 11 is 0. The fraction of sp³-hybridized carbons (Fsp3) is 0.667. The first-order chi connectivity index (χ1) is 3.95. The molecule has 0 aliphatic heterocycles. The second-order valence-corrected chi connectivity index (χ2v) is 2.82. The van der Waals surface area contributed by atoms with E-state index in [9.17, 15) is 13.2 Å². The molecule has 0 aromatic carbocycles. The van der Waals surface area contributed by atoms with Crippen molar-refractivity contribution in [3.8, 4) is 0 Å². The van der Waals surface area contributed by atoms with E-state index in [2.05, 4.69) is 8.92 Å². The van der Waals surface area contributed by atoms with Crippen molar-refractivity contribution in [2.24, 2.45) is 0 Å². The molecule has 0 saturated heterocycles. The largest absolute Gasteiger partial charge is 0.523 e. The number of ether oxygens (including phenoxy) is 1. The molecular formula is C3H6O5S. The minimum absolute atomic E-state index is 0.754. The van der Waals surface area contributed by atoms with Crippen LogP contribution in [0.25, 0.3) is 0 Å². The SMILES string of the molecule is COC(=O)OS(C)(=O)=O. The van der Waals surface area contributed by atoms with Gasteiger partial charge in [-0.05, 0) is 0 Å². The lowest BCUT2D eigenvalue weighted by Crippen LogP contribution is -2.10. The van der Waals surface area contributed by atoms with Crippen LogP contribution in [-0.2, 0) is 19.0 Å². The first-order valence-corrected chi connectivity index (χ1v) is 3.75. The van der Waals surface area contributed by atoms with Crippen molar-refractivity contribution in [1.82, 2.24) is 0 Å². The van der Waals surface area contributed by atoms with E-state index in [1.54, 1.807) is 0 Å². The van der Waals surface area contributed by atoms with Crippen LogP contribution in [0.4, 0.5) is 4.79 Å². The van der Waals surface area contributed by atoms with Gasteiger partial charge < -0.3 is 8.92 Å². The highest BCUT2D eigenvalue weighted by molar-refractivity contribution is 7.86. The zero-order valence-electron chi connectivity index (χ0n) is 4.95. The Bertz CT molecular complexity index is 190. The number of methoxy groups -OCH3 is 1. The molecule has 5 nitrogen and oxygen atoms in total. The summed E-state index contributed by atoms with van der Waals surface area (Å²) in [6.45, 7) is 0. The molecule has 0 bridgehead atoms. The minimum Gasteiger partial charge on any atom is -0.437 e. The molecule has 0 heterocycles. The number of hydrogen-bond donors (Lipinski definition) is 0. The highest BCUT2D eigenvalue weighted by atomic mass is 32.2. The van der Waals surface area contributed by atoms with Crippen molar-refractivity contribution in [3.63, 3.8) is 0 Å². The summed E-state index contributed by atoms with van der Waals surface area (Å²) in [7, 11) is -2.69. The summed E-state index contributed by atoms with van der Waals surface area (Å²) in [5, 5.41) is 0. The molecule has 0 aromatic rings. The van der Waals surface area contributed by atoms with Crippen LogP contribution in [0.2, 0.25) is 0 Å². The van der Waals surface area contributed by atoms with Gasteiger partial charge in [0, 0.05) is 0 Å². The number of rotatable bonds is 1. The molecule has 0 unspecified atom stereocenters. The summed E-state index contributed by atoms with van der Waals surface area (Å²) < 4.78 is 27.7. The normalized spacial score (nSPS) is 10.4. The van der Waals surface area contributed by atoms with Gasteiger partial charge in [0.2, 0.25) is 0 Å². The van der Waals surface area contributed by atoms with Crippen LogP contribution < -0.4 is 0 Å². The predicted octanol–water partition coefficient (Wildman–Crippen LogP) is -0.271. The Balaban J connectivity index is 3.91. The molecule has 0 spiro atoms. The van der Waals surface area contributed by atoms with Gasteiger partial charge in [-0.15, -0.1) is 0 Å². The molecule has 9 heavy (non-hydrogen) atoms. The van der Waals surface area contributed by atoms with Crippen molar-refractivity contribution in [2.45, 2.75) is 0 Å². The maximum absolute atomic E-state index is 10.1. The first kappa shape index (κ1) is 8.22. The Kier molecular flexibility index (Phi) is 2.44. The lowest BCUT2D eigenvalue weighted by atomic mass is 11.4. The average molecular weight is 154 g/mol. The van der Waals surface area contributed by atoms with E-state index in [1.807, 2.05) is 0 Å². The highest BCUT2D eigenvalue weighted by Crippen LogP contribution is 1.88. The molecule has 0 aliphatic rings. The smallest absolute Gasteiger partial charge is 0.437 e. The van der Waals surface area contributed by atoms with Gasteiger partial charge in [0.15, 0.2) is 0 Å². The van der Waals surface area contributed by atoms with E-state index in [4.69, 9.17) is 0 Å². The van der Waals surface area contributed by atoms with Gasteiger partial charge in [-0.25, -0.2) is 4.79 Å². The van der Waals surface area contributed by atoms with Crippen molar-refractivity contribution >= 4 is 16.3 Å². The Labute approximate surface area is 52.7 Å². The van der Waals surface area contributed by atoms with Gasteiger partial charge in [0.1, 0.15) is 0 Å². The topological polar surface area (TPSA) is 69.7 Å². The average Bonchev–Trinajstić information content (AvgIpc) is 1.62. The van der Waals surface area contributed by atoms with Crippen LogP contribution >= 0.6 is 0 Å². The zero-order valence-corrected chi connectivity index (χ0v) is 5.77. The van der Waals surface area contributed by atoms with Crippen LogP contribution in [0.3, 0.4) is 0 Å². The Hall–Kier alpha value is -0.780. The Morgan fingerprint density at radius 1 is 1.44 bits per heavy atom. The molecular weight excluding hydrogens is 148 g/mol. The lowest BCUT2D eigenvalue weighted by Gasteiger charge is -1.95. The van der Waals surface area contributed by atoms with Crippen LogP contribution in [0.15, 0.2) is 0 Å². The molecule has 0 amide bonds. The van der Waals surface area contributed by atoms with Gasteiger partial charge in [-0.1, -0.05) is 0 Å². The summed E-state index contributed by atoms with van der Waals surface area (Å²) in [5.41, 5.74) is 0. The van der Waals surface area contributed by atoms with E-state index in [0.717, 1.165) is 13.4 Å². The van der Waals surface area contributed by atoms with Crippen molar-refractivity contribution in [3.05, 3.63) is 0 Å². The predicted molar refractivity (Wildman–Crippen MR) is 28.3 cm³/mol. The quantitative estimate of drug-likeness (QED) is 0.384. The summed E-state index contributed by atoms with van der Waals surface area (Å²) in [6, 6.07) is 0. The third-order valence-corrected chi connectivity index (χ3v) is 0.825. The van der Waals surface area contributed by atoms with Crippen LogP contribution in [0, 0.1) is 0 Å². The lowest BCUT2D eigenvalue weighted by molar-refractivity contribution is 0.124. The van der Waals surface area contributed by atoms with Crippen LogP contribution in [0.1, 0.15) is 0 Å². The van der Waals surface area contributed by atoms with Gasteiger partial charge in [0.25, 0.3) is 0 Å². The van der Waals surface area contributed by atoms with Crippen LogP contribution in [0.5, 0.6) is 0 Å². The van der Waals surface area contributed by atoms with Gasteiger partial charge >= 0.3 is 16.3 Å². The van der Waals surface area contributed by atoms with E-state index in [1.165, 1.54) is 0 Å². The Morgan fingerprint density at radius 3 is 2.00 bits per heavy atom. The molecule has 0 atom stereocenters. The molecule has 0 aromatic heterocycles. The summed E-state index contributed by atoms with van der Waals surface area (Å²) in [5.74, 6) is 0. The van der Waals surface area contributed by atoms with E-state index >= 15 is 0 Å². The third-order valence-electron chi connectivity index (χ3n) is 0.386. The van der Waals surface area contributed by atoms with Crippen molar-refractivity contribution in [2.75, 3.05) is 13.4 Å². The molecule has 0 saturated carbocycles. The fourth-order valence-electron chi connectivity index (χ4n) is 0.158. The minimum atomic E-state index is -3.71. The maximum Gasteiger partial charge on any atom is 0.523 e. The zero-order chi connectivity index (χ0) is 7.49. The monoisotopic (exact) mass is 154 g/mol. The molecule has 0 fully saturated rings. The molecule has 0 radical (unpaired) electrons. The number of carbonyl (C=O) groups excluding carboxylic acids is 1. The van der Waals surface area contributed by atoms with Crippen LogP contribution in [-0.4, -0.2) is 27.9 Å². The van der Waals surface area contributed by atoms with Gasteiger partial charge in [-0.3, -0.25) is 0 Å². The number of hydrogen-bond acceptors (Lipinski definition) is 5. The first-order valence-electron chi connectivity index (χ1n) is 1.93. The van der Waals surface area contributed by atoms with Crippen molar-refractivity contribution in [1.29, 1.82) is 0 Å². The molecule has 0 rings (SSSR count). The third kappa shape index (κ3) is 5.09. The second kappa shape index (κ2) is 2.67. The second-order valence-electron chi connectivity index (χ2n) is 1.24. The highest BCUT2D eigenvalue weighted by Gasteiger charge is 2.08. The fourth-order valence-corrected chi connectivity index (χ4v) is 0.473. The summed E-state index contributed by atoms with van der Waals surface area (Å²) in [4.78, 5) is 10.0. The van der Waals surface area contributed by atoms with E-state index in [-0.39, 0.29) is 0 Å². The van der Waals surface area contributed by atoms with E-state index in [0.29, 0.717) is 0 Å². The summed E-state index contributed by atoms with van der Waals surface area (Å²) in [6.07, 6.45) is -0.471. The van der Waals surface area contributed by atoms with E-state index < -0.39 is 16.3 Å². The maximum atomic E-state index is 10.1.